The molecule has 4 heteroatoms. The summed E-state index contributed by atoms with van der Waals surface area (Å²) in [6.45, 7) is 4.32. The van der Waals surface area contributed by atoms with Gasteiger partial charge in [-0.2, -0.15) is 5.26 Å². The Labute approximate surface area is 94.3 Å². The maximum absolute atomic E-state index is 11.8. The molecule has 0 saturated heterocycles. The summed E-state index contributed by atoms with van der Waals surface area (Å²) in [4.78, 5) is 11.8. The number of benzene rings is 1. The van der Waals surface area contributed by atoms with Crippen molar-refractivity contribution in [3.05, 3.63) is 23.8 Å². The van der Waals surface area contributed by atoms with Crippen molar-refractivity contribution < 1.29 is 4.79 Å². The molecular weight excluding hydrogens is 202 g/mol. The first kappa shape index (κ1) is 10.5. The van der Waals surface area contributed by atoms with E-state index in [-0.39, 0.29) is 5.91 Å². The van der Waals surface area contributed by atoms with Crippen molar-refractivity contribution in [3.63, 3.8) is 0 Å². The molecule has 2 rings (SSSR count). The smallest absolute Gasteiger partial charge is 0.231 e. The highest BCUT2D eigenvalue weighted by atomic mass is 16.2. The average molecular weight is 215 g/mol. The Balaban J connectivity index is 2.41. The van der Waals surface area contributed by atoms with E-state index in [4.69, 9.17) is 5.26 Å². The van der Waals surface area contributed by atoms with E-state index < -0.39 is 5.41 Å². The van der Waals surface area contributed by atoms with Gasteiger partial charge in [-0.25, -0.2) is 0 Å². The Bertz CT molecular complexity index is 486. The molecule has 0 fully saturated rings. The van der Waals surface area contributed by atoms with Gasteiger partial charge < -0.3 is 10.6 Å². The maximum Gasteiger partial charge on any atom is 0.231 e. The molecule has 1 aliphatic rings. The van der Waals surface area contributed by atoms with Crippen LogP contribution < -0.4 is 10.6 Å². The number of hydrogen-bond acceptors (Lipinski definition) is 3. The molecule has 1 aliphatic heterocycles. The van der Waals surface area contributed by atoms with E-state index in [1.54, 1.807) is 18.2 Å². The van der Waals surface area contributed by atoms with Crippen LogP contribution >= 0.6 is 0 Å². The predicted octanol–water partition coefficient (Wildman–Crippen LogP) is 1.95. The summed E-state index contributed by atoms with van der Waals surface area (Å²) in [6, 6.07) is 7.27. The van der Waals surface area contributed by atoms with E-state index >= 15 is 0 Å². The molecule has 0 aliphatic carbocycles. The predicted molar refractivity (Wildman–Crippen MR) is 62.1 cm³/mol. The van der Waals surface area contributed by atoms with Crippen LogP contribution in [0.2, 0.25) is 0 Å². The molecule has 0 spiro atoms. The molecule has 0 bridgehead atoms. The molecule has 0 radical (unpaired) electrons. The number of nitrogens with zero attached hydrogens (tertiary/aromatic N) is 1. The number of nitriles is 1. The fourth-order valence-corrected chi connectivity index (χ4v) is 1.56. The lowest BCUT2D eigenvalue weighted by Gasteiger charge is -2.19. The second-order valence-electron chi connectivity index (χ2n) is 4.56. The van der Waals surface area contributed by atoms with E-state index in [2.05, 4.69) is 16.7 Å². The molecule has 1 aromatic rings. The fraction of sp³-hybridized carbons (Fsp3) is 0.333. The largest absolute Gasteiger partial charge is 0.382 e. The zero-order chi connectivity index (χ0) is 11.8. The van der Waals surface area contributed by atoms with Crippen LogP contribution in [0.4, 0.5) is 11.4 Å². The van der Waals surface area contributed by atoms with Crippen LogP contribution in [-0.2, 0) is 4.79 Å². The fourth-order valence-electron chi connectivity index (χ4n) is 1.56. The number of fused-ring (bicyclic) bond motifs is 1. The van der Waals surface area contributed by atoms with Gasteiger partial charge in [0.2, 0.25) is 5.91 Å². The number of anilines is 2. The number of carbonyl (C=O) groups excluding carboxylic acids is 1. The Kier molecular flexibility index (Phi) is 2.31. The van der Waals surface area contributed by atoms with Crippen molar-refractivity contribution in [3.8, 4) is 6.07 Å². The maximum atomic E-state index is 11.8. The lowest BCUT2D eigenvalue weighted by molar-refractivity contribution is -0.123. The van der Waals surface area contributed by atoms with Gasteiger partial charge in [0, 0.05) is 6.54 Å². The summed E-state index contributed by atoms with van der Waals surface area (Å²) >= 11 is 0. The van der Waals surface area contributed by atoms with Gasteiger partial charge in [-0.3, -0.25) is 4.79 Å². The number of nitrogens with one attached hydrogen (secondary N) is 2. The van der Waals surface area contributed by atoms with Crippen molar-refractivity contribution in [2.24, 2.45) is 5.41 Å². The topological polar surface area (TPSA) is 64.9 Å². The summed E-state index contributed by atoms with van der Waals surface area (Å²) < 4.78 is 0. The second-order valence-corrected chi connectivity index (χ2v) is 4.56. The molecule has 16 heavy (non-hydrogen) atoms. The minimum absolute atomic E-state index is 0.0107. The normalized spacial score (nSPS) is 17.4. The minimum atomic E-state index is -0.453. The summed E-state index contributed by atoms with van der Waals surface area (Å²) in [6.07, 6.45) is 0. The highest BCUT2D eigenvalue weighted by Crippen LogP contribution is 2.30. The summed E-state index contributed by atoms with van der Waals surface area (Å²) in [5.74, 6) is -0.0107. The van der Waals surface area contributed by atoms with Crippen LogP contribution in [0.15, 0.2) is 18.2 Å². The van der Waals surface area contributed by atoms with Gasteiger partial charge in [0.1, 0.15) is 0 Å². The third kappa shape index (κ3) is 1.72. The highest BCUT2D eigenvalue weighted by Gasteiger charge is 2.30. The van der Waals surface area contributed by atoms with Gasteiger partial charge in [-0.1, -0.05) is 0 Å². The molecule has 1 amide bonds. The van der Waals surface area contributed by atoms with Crippen LogP contribution in [0.1, 0.15) is 19.4 Å². The molecule has 1 heterocycles. The molecule has 2 N–H and O–H groups in total. The van der Waals surface area contributed by atoms with Gasteiger partial charge in [-0.15, -0.1) is 0 Å². The molecule has 1 aromatic carbocycles. The van der Waals surface area contributed by atoms with E-state index in [9.17, 15) is 4.79 Å². The number of hydrogen-bond donors (Lipinski definition) is 2. The third-order valence-electron chi connectivity index (χ3n) is 2.73. The molecule has 82 valence electrons. The molecule has 0 atom stereocenters. The molecular formula is C12H13N3O. The lowest BCUT2D eigenvalue weighted by atomic mass is 9.93. The van der Waals surface area contributed by atoms with Crippen LogP contribution in [0.3, 0.4) is 0 Å². The first-order valence-electron chi connectivity index (χ1n) is 5.12. The molecule has 0 unspecified atom stereocenters. The van der Waals surface area contributed by atoms with E-state index in [1.807, 2.05) is 13.8 Å². The first-order valence-corrected chi connectivity index (χ1v) is 5.12. The second kappa shape index (κ2) is 3.53. The first-order chi connectivity index (χ1) is 7.53. The van der Waals surface area contributed by atoms with Crippen molar-refractivity contribution in [1.29, 1.82) is 5.26 Å². The monoisotopic (exact) mass is 215 g/mol. The summed E-state index contributed by atoms with van der Waals surface area (Å²) in [7, 11) is 0. The Morgan fingerprint density at radius 1 is 1.38 bits per heavy atom. The standard InChI is InChI=1S/C12H13N3O/c1-12(2)7-14-10-5-8(6-13)3-4-9(10)15-11(12)16/h3-5,14H,7H2,1-2H3,(H,15,16). The number of rotatable bonds is 0. The summed E-state index contributed by atoms with van der Waals surface area (Å²) in [5, 5.41) is 14.8. The van der Waals surface area contributed by atoms with Crippen LogP contribution in [0.5, 0.6) is 0 Å². The van der Waals surface area contributed by atoms with Gasteiger partial charge in [0.25, 0.3) is 0 Å². The van der Waals surface area contributed by atoms with E-state index in [0.29, 0.717) is 12.1 Å². The Morgan fingerprint density at radius 2 is 2.12 bits per heavy atom. The highest BCUT2D eigenvalue weighted by molar-refractivity contribution is 5.99. The van der Waals surface area contributed by atoms with Crippen LogP contribution in [-0.4, -0.2) is 12.5 Å². The molecule has 4 nitrogen and oxygen atoms in total. The van der Waals surface area contributed by atoms with E-state index in [1.165, 1.54) is 0 Å². The van der Waals surface area contributed by atoms with Crippen molar-refractivity contribution in [2.75, 3.05) is 17.2 Å². The van der Waals surface area contributed by atoms with Crippen LogP contribution in [0.25, 0.3) is 0 Å². The van der Waals surface area contributed by atoms with Crippen molar-refractivity contribution in [2.45, 2.75) is 13.8 Å². The average Bonchev–Trinajstić information content (AvgIpc) is 2.37. The van der Waals surface area contributed by atoms with Gasteiger partial charge in [0.15, 0.2) is 0 Å². The zero-order valence-corrected chi connectivity index (χ0v) is 9.29. The third-order valence-corrected chi connectivity index (χ3v) is 2.73. The van der Waals surface area contributed by atoms with Crippen molar-refractivity contribution >= 4 is 17.3 Å². The molecule has 0 aromatic heterocycles. The summed E-state index contributed by atoms with van der Waals surface area (Å²) in [5.41, 5.74) is 1.67. The number of amides is 1. The van der Waals surface area contributed by atoms with Crippen molar-refractivity contribution in [1.82, 2.24) is 0 Å². The quantitative estimate of drug-likeness (QED) is 0.695. The van der Waals surface area contributed by atoms with Gasteiger partial charge in [0.05, 0.1) is 28.4 Å². The minimum Gasteiger partial charge on any atom is -0.382 e. The van der Waals surface area contributed by atoms with Gasteiger partial charge in [-0.05, 0) is 32.0 Å². The molecule has 0 saturated carbocycles. The Hall–Kier alpha value is -2.02. The van der Waals surface area contributed by atoms with Crippen LogP contribution in [0, 0.1) is 16.7 Å². The van der Waals surface area contributed by atoms with E-state index in [0.717, 1.165) is 11.4 Å². The van der Waals surface area contributed by atoms with Gasteiger partial charge >= 0.3 is 0 Å². The lowest BCUT2D eigenvalue weighted by Crippen LogP contribution is -2.34. The zero-order valence-electron chi connectivity index (χ0n) is 9.29. The Morgan fingerprint density at radius 3 is 2.81 bits per heavy atom. The SMILES string of the molecule is CC1(C)CNc2cc(C#N)ccc2NC1=O. The number of carbonyl (C=O) groups is 1.